The van der Waals surface area contributed by atoms with Crippen molar-refractivity contribution >= 4 is 28.3 Å². The van der Waals surface area contributed by atoms with Crippen LogP contribution < -0.4 is 20.3 Å². The van der Waals surface area contributed by atoms with Gasteiger partial charge in [0.25, 0.3) is 5.91 Å². The lowest BCUT2D eigenvalue weighted by Gasteiger charge is -2.34. The van der Waals surface area contributed by atoms with E-state index in [-0.39, 0.29) is 24.2 Å². The zero-order chi connectivity index (χ0) is 24.2. The molecule has 2 amide bonds. The second-order valence-electron chi connectivity index (χ2n) is 8.38. The van der Waals surface area contributed by atoms with Crippen molar-refractivity contribution in [3.8, 4) is 11.5 Å². The van der Waals surface area contributed by atoms with Crippen molar-refractivity contribution in [1.82, 2.24) is 19.8 Å². The third-order valence-corrected chi connectivity index (χ3v) is 6.79. The van der Waals surface area contributed by atoms with Gasteiger partial charge in [0.1, 0.15) is 0 Å². The van der Waals surface area contributed by atoms with E-state index in [2.05, 4.69) is 26.3 Å². The zero-order valence-corrected chi connectivity index (χ0v) is 19.8. The number of anilines is 1. The smallest absolute Gasteiger partial charge is 0.258 e. The number of H-pyrrole nitrogens is 1. The minimum atomic E-state index is -0.350. The standard InChI is InChI=1S/C24H25N5O5S/c30-21-5-2-17(12-25-21)23(32)27-24-26-18(14-35-24)3-6-22(31)29-9-7-28(8-10-29)13-16-1-4-19-20(11-16)34-15-33-19/h1-2,4-5,11-12,14H,3,6-10,13,15H2,(H,25,30)(H,26,27,32). The summed E-state index contributed by atoms with van der Waals surface area (Å²) < 4.78 is 10.8. The molecule has 182 valence electrons. The number of carbonyl (C=O) groups excluding carboxylic acids is 2. The first kappa shape index (κ1) is 23.1. The Balaban J connectivity index is 1.06. The number of amides is 2. The number of aromatic nitrogens is 2. The quantitative estimate of drug-likeness (QED) is 0.516. The lowest BCUT2D eigenvalue weighted by Crippen LogP contribution is -2.48. The number of hydrogen-bond donors (Lipinski definition) is 2. The van der Waals surface area contributed by atoms with Gasteiger partial charge in [0.15, 0.2) is 16.6 Å². The van der Waals surface area contributed by atoms with Crippen LogP contribution in [0.4, 0.5) is 5.13 Å². The summed E-state index contributed by atoms with van der Waals surface area (Å²) in [6.45, 7) is 4.11. The number of nitrogens with one attached hydrogen (secondary N) is 2. The number of thiazole rings is 1. The van der Waals surface area contributed by atoms with Crippen molar-refractivity contribution in [3.63, 3.8) is 0 Å². The molecule has 3 aromatic rings. The average Bonchev–Trinajstić information content (AvgIpc) is 3.52. The van der Waals surface area contributed by atoms with Crippen LogP contribution in [0, 0.1) is 0 Å². The molecule has 2 aliphatic rings. The highest BCUT2D eigenvalue weighted by atomic mass is 32.1. The highest BCUT2D eigenvalue weighted by molar-refractivity contribution is 7.14. The molecule has 2 aromatic heterocycles. The normalized spacial score (nSPS) is 15.3. The van der Waals surface area contributed by atoms with Crippen molar-refractivity contribution < 1.29 is 19.1 Å². The molecular weight excluding hydrogens is 470 g/mol. The molecule has 0 atom stereocenters. The van der Waals surface area contributed by atoms with Crippen LogP contribution in [0.3, 0.4) is 0 Å². The Morgan fingerprint density at radius 3 is 2.71 bits per heavy atom. The fraction of sp³-hybridized carbons (Fsp3) is 0.333. The van der Waals surface area contributed by atoms with E-state index in [9.17, 15) is 14.4 Å². The lowest BCUT2D eigenvalue weighted by molar-refractivity contribution is -0.133. The molecule has 1 aromatic carbocycles. The van der Waals surface area contributed by atoms with Crippen molar-refractivity contribution in [2.45, 2.75) is 19.4 Å². The number of benzene rings is 1. The molecule has 35 heavy (non-hydrogen) atoms. The predicted octanol–water partition coefficient (Wildman–Crippen LogP) is 2.09. The van der Waals surface area contributed by atoms with Crippen molar-refractivity contribution in [3.05, 3.63) is 69.1 Å². The van der Waals surface area contributed by atoms with E-state index in [4.69, 9.17) is 9.47 Å². The summed E-state index contributed by atoms with van der Waals surface area (Å²) in [5.74, 6) is 1.33. The van der Waals surface area contributed by atoms with Gasteiger partial charge >= 0.3 is 0 Å². The minimum absolute atomic E-state index is 0.111. The topological polar surface area (TPSA) is 117 Å². The number of carbonyl (C=O) groups is 2. The summed E-state index contributed by atoms with van der Waals surface area (Å²) in [5, 5.41) is 5.02. The number of pyridine rings is 1. The first-order chi connectivity index (χ1) is 17.0. The summed E-state index contributed by atoms with van der Waals surface area (Å²) in [7, 11) is 0. The van der Waals surface area contributed by atoms with Crippen LogP contribution in [0.25, 0.3) is 0 Å². The van der Waals surface area contributed by atoms with E-state index in [0.717, 1.165) is 36.8 Å². The first-order valence-corrected chi connectivity index (χ1v) is 12.2. The molecule has 4 heterocycles. The Morgan fingerprint density at radius 1 is 1.09 bits per heavy atom. The molecule has 11 heteroatoms. The van der Waals surface area contributed by atoms with Gasteiger partial charge in [-0.15, -0.1) is 11.3 Å². The maximum absolute atomic E-state index is 12.7. The molecule has 1 saturated heterocycles. The molecule has 0 saturated carbocycles. The number of aryl methyl sites for hydroxylation is 1. The Bertz CT molecular complexity index is 1260. The number of fused-ring (bicyclic) bond motifs is 1. The van der Waals surface area contributed by atoms with E-state index in [1.165, 1.54) is 35.2 Å². The molecule has 1 fully saturated rings. The molecule has 2 N–H and O–H groups in total. The molecule has 10 nitrogen and oxygen atoms in total. The summed E-state index contributed by atoms with van der Waals surface area (Å²) in [6, 6.07) is 8.76. The molecule has 2 aliphatic heterocycles. The van der Waals surface area contributed by atoms with Crippen LogP contribution in [0.15, 0.2) is 46.7 Å². The number of nitrogens with zero attached hydrogens (tertiary/aromatic N) is 3. The van der Waals surface area contributed by atoms with Crippen LogP contribution in [0.5, 0.6) is 11.5 Å². The van der Waals surface area contributed by atoms with E-state index in [0.29, 0.717) is 36.6 Å². The Hall–Kier alpha value is -3.70. The van der Waals surface area contributed by atoms with Crippen LogP contribution in [0.2, 0.25) is 0 Å². The van der Waals surface area contributed by atoms with Crippen LogP contribution >= 0.6 is 11.3 Å². The number of ether oxygens (including phenoxy) is 2. The molecule has 5 rings (SSSR count). The van der Waals surface area contributed by atoms with Gasteiger partial charge in [-0.05, 0) is 30.2 Å². The Kier molecular flexibility index (Phi) is 6.77. The van der Waals surface area contributed by atoms with Gasteiger partial charge in [-0.3, -0.25) is 24.6 Å². The first-order valence-electron chi connectivity index (χ1n) is 11.4. The third-order valence-electron chi connectivity index (χ3n) is 5.98. The maximum Gasteiger partial charge on any atom is 0.258 e. The third kappa shape index (κ3) is 5.69. The fourth-order valence-electron chi connectivity index (χ4n) is 4.05. The highest BCUT2D eigenvalue weighted by Crippen LogP contribution is 2.32. The number of hydrogen-bond acceptors (Lipinski definition) is 8. The Morgan fingerprint density at radius 2 is 1.91 bits per heavy atom. The summed E-state index contributed by atoms with van der Waals surface area (Å²) >= 11 is 1.31. The fourth-order valence-corrected chi connectivity index (χ4v) is 4.79. The molecule has 0 aliphatic carbocycles. The van der Waals surface area contributed by atoms with Gasteiger partial charge in [-0.2, -0.15) is 0 Å². The second kappa shape index (κ2) is 10.3. The van der Waals surface area contributed by atoms with Crippen LogP contribution in [-0.2, 0) is 17.8 Å². The van der Waals surface area contributed by atoms with Crippen molar-refractivity contribution in [1.29, 1.82) is 0 Å². The lowest BCUT2D eigenvalue weighted by atomic mass is 10.1. The predicted molar refractivity (Wildman–Crippen MR) is 130 cm³/mol. The van der Waals surface area contributed by atoms with Crippen molar-refractivity contribution in [2.75, 3.05) is 38.3 Å². The molecule has 0 bridgehead atoms. The second-order valence-corrected chi connectivity index (χ2v) is 9.24. The number of piperazine rings is 1. The summed E-state index contributed by atoms with van der Waals surface area (Å²) in [5.41, 5.74) is 2.01. The van der Waals surface area contributed by atoms with Gasteiger partial charge in [0, 0.05) is 56.8 Å². The van der Waals surface area contributed by atoms with Gasteiger partial charge in [0.05, 0.1) is 11.3 Å². The summed E-state index contributed by atoms with van der Waals surface area (Å²) in [6.07, 6.45) is 2.25. The van der Waals surface area contributed by atoms with Gasteiger partial charge in [-0.1, -0.05) is 6.07 Å². The largest absolute Gasteiger partial charge is 0.454 e. The van der Waals surface area contributed by atoms with E-state index < -0.39 is 0 Å². The van der Waals surface area contributed by atoms with E-state index in [1.807, 2.05) is 22.4 Å². The highest BCUT2D eigenvalue weighted by Gasteiger charge is 2.22. The van der Waals surface area contributed by atoms with E-state index in [1.54, 1.807) is 0 Å². The molecule has 0 unspecified atom stereocenters. The monoisotopic (exact) mass is 495 g/mol. The molecular formula is C24H25N5O5S. The zero-order valence-electron chi connectivity index (χ0n) is 19.0. The van der Waals surface area contributed by atoms with Crippen LogP contribution in [-0.4, -0.2) is 64.6 Å². The van der Waals surface area contributed by atoms with Crippen molar-refractivity contribution in [2.24, 2.45) is 0 Å². The van der Waals surface area contributed by atoms with Gasteiger partial charge < -0.3 is 19.4 Å². The molecule has 0 spiro atoms. The molecule has 0 radical (unpaired) electrons. The van der Waals surface area contributed by atoms with Gasteiger partial charge in [-0.25, -0.2) is 4.98 Å². The van der Waals surface area contributed by atoms with E-state index >= 15 is 0 Å². The minimum Gasteiger partial charge on any atom is -0.454 e. The van der Waals surface area contributed by atoms with Gasteiger partial charge in [0.2, 0.25) is 18.3 Å². The summed E-state index contributed by atoms with van der Waals surface area (Å²) in [4.78, 5) is 47.2. The number of aromatic amines is 1. The maximum atomic E-state index is 12.7. The Labute approximate surface area is 205 Å². The SMILES string of the molecule is O=C(Nc1nc(CCC(=O)N2CCN(Cc3ccc4c(c3)OCO4)CC2)cs1)c1ccc(=O)[nH]c1. The van der Waals surface area contributed by atoms with Crippen LogP contribution in [0.1, 0.15) is 28.0 Å². The number of rotatable bonds is 7. The average molecular weight is 496 g/mol.